The van der Waals surface area contributed by atoms with E-state index in [1.165, 1.54) is 0 Å². The van der Waals surface area contributed by atoms with Gasteiger partial charge in [0.2, 0.25) is 5.91 Å². The van der Waals surface area contributed by atoms with E-state index in [4.69, 9.17) is 9.26 Å². The van der Waals surface area contributed by atoms with Gasteiger partial charge in [-0.3, -0.25) is 4.79 Å². The standard InChI is InChI=1S/C17H29N3O4/c1-10(2)14(19-16(22)23-17(5,6)7)9-18-15(21)8-13-11(3)20-24-12(13)4/h10,14H,8-9H2,1-7H3,(H,18,21)(H,19,22)/t14-/m1/s1. The van der Waals surface area contributed by atoms with Crippen LogP contribution in [0.3, 0.4) is 0 Å². The molecule has 7 nitrogen and oxygen atoms in total. The van der Waals surface area contributed by atoms with Gasteiger partial charge in [-0.2, -0.15) is 0 Å². The first-order valence-corrected chi connectivity index (χ1v) is 8.17. The third-order valence-corrected chi connectivity index (χ3v) is 3.54. The van der Waals surface area contributed by atoms with Gasteiger partial charge >= 0.3 is 6.09 Å². The van der Waals surface area contributed by atoms with Crippen LogP contribution in [0.1, 0.15) is 51.6 Å². The summed E-state index contributed by atoms with van der Waals surface area (Å²) in [6.45, 7) is 13.3. The van der Waals surface area contributed by atoms with Crippen LogP contribution in [-0.4, -0.2) is 35.3 Å². The number of alkyl carbamates (subject to hydrolysis) is 1. The SMILES string of the molecule is Cc1noc(C)c1CC(=O)NC[C@@H](NC(=O)OC(C)(C)C)C(C)C. The largest absolute Gasteiger partial charge is 0.444 e. The minimum Gasteiger partial charge on any atom is -0.444 e. The number of hydrogen-bond donors (Lipinski definition) is 2. The highest BCUT2D eigenvalue weighted by Gasteiger charge is 2.22. The normalized spacial score (nSPS) is 12.8. The monoisotopic (exact) mass is 339 g/mol. The molecule has 0 spiro atoms. The van der Waals surface area contributed by atoms with Crippen molar-refractivity contribution >= 4 is 12.0 Å². The quantitative estimate of drug-likeness (QED) is 0.830. The molecule has 0 aliphatic carbocycles. The molecular weight excluding hydrogens is 310 g/mol. The van der Waals surface area contributed by atoms with Crippen LogP contribution in [0.15, 0.2) is 4.52 Å². The van der Waals surface area contributed by atoms with Gasteiger partial charge in [-0.05, 0) is 40.5 Å². The van der Waals surface area contributed by atoms with Gasteiger partial charge < -0.3 is 19.9 Å². The van der Waals surface area contributed by atoms with Crippen LogP contribution < -0.4 is 10.6 Å². The first-order valence-electron chi connectivity index (χ1n) is 8.17. The first-order chi connectivity index (χ1) is 11.0. The van der Waals surface area contributed by atoms with E-state index in [0.29, 0.717) is 12.3 Å². The molecule has 2 amide bonds. The zero-order valence-electron chi connectivity index (χ0n) is 15.6. The molecule has 136 valence electrons. The van der Waals surface area contributed by atoms with Gasteiger partial charge in [0.25, 0.3) is 0 Å². The van der Waals surface area contributed by atoms with E-state index >= 15 is 0 Å². The van der Waals surface area contributed by atoms with Crippen LogP contribution in [0, 0.1) is 19.8 Å². The number of nitrogens with one attached hydrogen (secondary N) is 2. The van der Waals surface area contributed by atoms with Crippen LogP contribution in [0.25, 0.3) is 0 Å². The Morgan fingerprint density at radius 1 is 1.25 bits per heavy atom. The average Bonchev–Trinajstić information content (AvgIpc) is 2.73. The second-order valence-corrected chi connectivity index (χ2v) is 7.28. The third kappa shape index (κ3) is 6.60. The molecule has 0 bridgehead atoms. The molecule has 24 heavy (non-hydrogen) atoms. The molecule has 0 saturated carbocycles. The number of nitrogens with zero attached hydrogens (tertiary/aromatic N) is 1. The first kappa shape index (κ1) is 20.0. The van der Waals surface area contributed by atoms with E-state index in [2.05, 4.69) is 15.8 Å². The number of carbonyl (C=O) groups is 2. The summed E-state index contributed by atoms with van der Waals surface area (Å²) in [4.78, 5) is 24.0. The molecule has 0 aliphatic heterocycles. The number of rotatable bonds is 6. The topological polar surface area (TPSA) is 93.5 Å². The van der Waals surface area contributed by atoms with Gasteiger partial charge in [0.05, 0.1) is 18.2 Å². The molecule has 7 heteroatoms. The van der Waals surface area contributed by atoms with Gasteiger partial charge in [0, 0.05) is 12.1 Å². The van der Waals surface area contributed by atoms with Crippen molar-refractivity contribution < 1.29 is 18.8 Å². The van der Waals surface area contributed by atoms with E-state index in [-0.39, 0.29) is 24.3 Å². The van der Waals surface area contributed by atoms with Crippen molar-refractivity contribution in [1.29, 1.82) is 0 Å². The Morgan fingerprint density at radius 3 is 2.33 bits per heavy atom. The molecule has 0 unspecified atom stereocenters. The van der Waals surface area contributed by atoms with Gasteiger partial charge in [0.15, 0.2) is 0 Å². The summed E-state index contributed by atoms with van der Waals surface area (Å²) in [6.07, 6.45) is -0.278. The Hall–Kier alpha value is -2.05. The summed E-state index contributed by atoms with van der Waals surface area (Å²) >= 11 is 0. The van der Waals surface area contributed by atoms with Crippen molar-refractivity contribution in [2.75, 3.05) is 6.54 Å². The molecule has 0 saturated heterocycles. The van der Waals surface area contributed by atoms with Gasteiger partial charge in [-0.1, -0.05) is 19.0 Å². The lowest BCUT2D eigenvalue weighted by atomic mass is 10.0. The molecule has 0 aromatic carbocycles. The fourth-order valence-corrected chi connectivity index (χ4v) is 2.11. The molecule has 1 atom stereocenters. The summed E-state index contributed by atoms with van der Waals surface area (Å²) < 4.78 is 10.3. The lowest BCUT2D eigenvalue weighted by Gasteiger charge is -2.26. The number of carbonyl (C=O) groups excluding carboxylic acids is 2. The Kier molecular flexibility index (Phi) is 6.81. The van der Waals surface area contributed by atoms with Crippen LogP contribution in [-0.2, 0) is 16.0 Å². The number of amides is 2. The number of hydrogen-bond acceptors (Lipinski definition) is 5. The minimum atomic E-state index is -0.557. The Bertz CT molecular complexity index is 553. The van der Waals surface area contributed by atoms with Crippen molar-refractivity contribution in [2.24, 2.45) is 5.92 Å². The molecule has 1 aromatic rings. The smallest absolute Gasteiger partial charge is 0.407 e. The lowest BCUT2D eigenvalue weighted by Crippen LogP contribution is -2.48. The van der Waals surface area contributed by atoms with Gasteiger partial charge in [0.1, 0.15) is 11.4 Å². The van der Waals surface area contributed by atoms with E-state index in [1.807, 2.05) is 34.6 Å². The minimum absolute atomic E-state index is 0.138. The highest BCUT2D eigenvalue weighted by molar-refractivity contribution is 5.79. The number of ether oxygens (including phenoxy) is 1. The van der Waals surface area contributed by atoms with E-state index in [1.54, 1.807) is 13.8 Å². The predicted molar refractivity (Wildman–Crippen MR) is 90.7 cm³/mol. The summed E-state index contributed by atoms with van der Waals surface area (Å²) in [7, 11) is 0. The van der Waals surface area contributed by atoms with E-state index in [9.17, 15) is 9.59 Å². The maximum Gasteiger partial charge on any atom is 0.407 e. The van der Waals surface area contributed by atoms with Crippen LogP contribution in [0.5, 0.6) is 0 Å². The van der Waals surface area contributed by atoms with Gasteiger partial charge in [-0.15, -0.1) is 0 Å². The molecule has 0 fully saturated rings. The van der Waals surface area contributed by atoms with Crippen molar-refractivity contribution in [1.82, 2.24) is 15.8 Å². The summed E-state index contributed by atoms with van der Waals surface area (Å²) in [6, 6.07) is -0.214. The molecule has 0 aliphatic rings. The molecular formula is C17H29N3O4. The maximum atomic E-state index is 12.1. The molecule has 0 radical (unpaired) electrons. The fourth-order valence-electron chi connectivity index (χ4n) is 2.11. The number of aryl methyl sites for hydroxylation is 2. The van der Waals surface area contributed by atoms with Crippen LogP contribution in [0.4, 0.5) is 4.79 Å². The zero-order valence-corrected chi connectivity index (χ0v) is 15.6. The van der Waals surface area contributed by atoms with Crippen LogP contribution >= 0.6 is 0 Å². The van der Waals surface area contributed by atoms with Crippen molar-refractivity contribution in [3.05, 3.63) is 17.0 Å². The highest BCUT2D eigenvalue weighted by Crippen LogP contribution is 2.13. The molecule has 2 N–H and O–H groups in total. The van der Waals surface area contributed by atoms with E-state index in [0.717, 1.165) is 11.3 Å². The lowest BCUT2D eigenvalue weighted by molar-refractivity contribution is -0.120. The molecule has 1 rings (SSSR count). The number of aromatic nitrogens is 1. The summed E-state index contributed by atoms with van der Waals surface area (Å²) in [5.74, 6) is 0.660. The third-order valence-electron chi connectivity index (χ3n) is 3.54. The second kappa shape index (κ2) is 8.17. The maximum absolute atomic E-state index is 12.1. The molecule has 1 heterocycles. The summed E-state index contributed by atoms with van der Waals surface area (Å²) in [5.41, 5.74) is 0.960. The second-order valence-electron chi connectivity index (χ2n) is 7.28. The highest BCUT2D eigenvalue weighted by atomic mass is 16.6. The molecule has 1 aromatic heterocycles. The van der Waals surface area contributed by atoms with Crippen LogP contribution in [0.2, 0.25) is 0 Å². The average molecular weight is 339 g/mol. The summed E-state index contributed by atoms with van der Waals surface area (Å²) in [5, 5.41) is 9.49. The van der Waals surface area contributed by atoms with E-state index < -0.39 is 11.7 Å². The van der Waals surface area contributed by atoms with Crippen molar-refractivity contribution in [3.8, 4) is 0 Å². The Morgan fingerprint density at radius 2 is 1.88 bits per heavy atom. The van der Waals surface area contributed by atoms with Crippen molar-refractivity contribution in [3.63, 3.8) is 0 Å². The predicted octanol–water partition coefficient (Wildman–Crippen LogP) is 2.50. The van der Waals surface area contributed by atoms with Crippen molar-refractivity contribution in [2.45, 2.75) is 66.5 Å². The Balaban J connectivity index is 2.54. The Labute approximate surface area is 143 Å². The fraction of sp³-hybridized carbons (Fsp3) is 0.706. The zero-order chi connectivity index (χ0) is 18.5. The van der Waals surface area contributed by atoms with Gasteiger partial charge in [-0.25, -0.2) is 4.79 Å².